The van der Waals surface area contributed by atoms with Crippen LogP contribution >= 0.6 is 0 Å². The van der Waals surface area contributed by atoms with Gasteiger partial charge in [0.15, 0.2) is 0 Å². The molecule has 0 unspecified atom stereocenters. The van der Waals surface area contributed by atoms with Gasteiger partial charge in [0, 0.05) is 6.42 Å². The minimum Gasteiger partial charge on any atom is -0.497 e. The van der Waals surface area contributed by atoms with Gasteiger partial charge in [-0.3, -0.25) is 0 Å². The second kappa shape index (κ2) is 8.72. The summed E-state index contributed by atoms with van der Waals surface area (Å²) in [5, 5.41) is 0. The summed E-state index contributed by atoms with van der Waals surface area (Å²) in [7, 11) is 1.63. The van der Waals surface area contributed by atoms with Crippen molar-refractivity contribution in [1.29, 1.82) is 0 Å². The van der Waals surface area contributed by atoms with Gasteiger partial charge in [-0.1, -0.05) is 36.4 Å². The molecule has 4 nitrogen and oxygen atoms in total. The SMILES string of the molecule is COc1ccc(CCOC(=O)c2cccc(Oc3ccccc3)c2)cc1. The van der Waals surface area contributed by atoms with Crippen LogP contribution in [0, 0.1) is 0 Å². The van der Waals surface area contributed by atoms with E-state index in [9.17, 15) is 4.79 Å². The Morgan fingerprint density at radius 3 is 2.27 bits per heavy atom. The molecular formula is C22H20O4. The van der Waals surface area contributed by atoms with E-state index in [4.69, 9.17) is 14.2 Å². The maximum Gasteiger partial charge on any atom is 0.338 e. The van der Waals surface area contributed by atoms with Gasteiger partial charge in [0.05, 0.1) is 19.3 Å². The van der Waals surface area contributed by atoms with Crippen molar-refractivity contribution in [3.63, 3.8) is 0 Å². The molecule has 3 aromatic carbocycles. The summed E-state index contributed by atoms with van der Waals surface area (Å²) in [6, 6.07) is 24.1. The molecule has 0 spiro atoms. The number of hydrogen-bond acceptors (Lipinski definition) is 4. The van der Waals surface area contributed by atoms with E-state index in [1.165, 1.54) is 0 Å². The van der Waals surface area contributed by atoms with E-state index in [2.05, 4.69) is 0 Å². The molecule has 26 heavy (non-hydrogen) atoms. The van der Waals surface area contributed by atoms with Gasteiger partial charge in [-0.05, 0) is 48.0 Å². The van der Waals surface area contributed by atoms with Crippen LogP contribution in [-0.2, 0) is 11.2 Å². The second-order valence-electron chi connectivity index (χ2n) is 5.68. The fourth-order valence-corrected chi connectivity index (χ4v) is 2.45. The number of hydrogen-bond donors (Lipinski definition) is 0. The molecule has 0 saturated heterocycles. The second-order valence-corrected chi connectivity index (χ2v) is 5.68. The summed E-state index contributed by atoms with van der Waals surface area (Å²) in [6.07, 6.45) is 0.649. The third kappa shape index (κ3) is 4.86. The van der Waals surface area contributed by atoms with Gasteiger partial charge in [0.25, 0.3) is 0 Å². The van der Waals surface area contributed by atoms with Crippen LogP contribution in [0.3, 0.4) is 0 Å². The lowest BCUT2D eigenvalue weighted by Crippen LogP contribution is -2.08. The predicted molar refractivity (Wildman–Crippen MR) is 99.9 cm³/mol. The zero-order valence-electron chi connectivity index (χ0n) is 14.6. The highest BCUT2D eigenvalue weighted by Gasteiger charge is 2.09. The van der Waals surface area contributed by atoms with E-state index in [1.54, 1.807) is 31.4 Å². The molecule has 0 aromatic heterocycles. The highest BCUT2D eigenvalue weighted by Crippen LogP contribution is 2.22. The summed E-state index contributed by atoms with van der Waals surface area (Å²) in [5.74, 6) is 1.76. The maximum atomic E-state index is 12.2. The van der Waals surface area contributed by atoms with Crippen LogP contribution < -0.4 is 9.47 Å². The predicted octanol–water partition coefficient (Wildman–Crippen LogP) is 4.89. The highest BCUT2D eigenvalue weighted by molar-refractivity contribution is 5.89. The Bertz CT molecular complexity index is 842. The van der Waals surface area contributed by atoms with Gasteiger partial charge in [0.2, 0.25) is 0 Å². The normalized spacial score (nSPS) is 10.2. The average molecular weight is 348 g/mol. The summed E-state index contributed by atoms with van der Waals surface area (Å²) in [6.45, 7) is 0.314. The fraction of sp³-hybridized carbons (Fsp3) is 0.136. The molecule has 0 atom stereocenters. The van der Waals surface area contributed by atoms with Gasteiger partial charge >= 0.3 is 5.97 Å². The lowest BCUT2D eigenvalue weighted by molar-refractivity contribution is 0.0509. The summed E-state index contributed by atoms with van der Waals surface area (Å²) >= 11 is 0. The van der Waals surface area contributed by atoms with Crippen molar-refractivity contribution in [2.75, 3.05) is 13.7 Å². The summed E-state index contributed by atoms with van der Waals surface area (Å²) < 4.78 is 16.2. The molecule has 0 aliphatic carbocycles. The van der Waals surface area contributed by atoms with E-state index in [-0.39, 0.29) is 5.97 Å². The van der Waals surface area contributed by atoms with Crippen LogP contribution in [-0.4, -0.2) is 19.7 Å². The Morgan fingerprint density at radius 2 is 1.54 bits per heavy atom. The molecule has 0 N–H and O–H groups in total. The lowest BCUT2D eigenvalue weighted by Gasteiger charge is -2.08. The molecule has 0 saturated carbocycles. The Hall–Kier alpha value is -3.27. The molecular weight excluding hydrogens is 328 g/mol. The molecule has 0 radical (unpaired) electrons. The van der Waals surface area contributed by atoms with Crippen molar-refractivity contribution in [3.8, 4) is 17.2 Å². The number of carbonyl (C=O) groups excluding carboxylic acids is 1. The zero-order chi connectivity index (χ0) is 18.2. The van der Waals surface area contributed by atoms with E-state index in [0.717, 1.165) is 17.1 Å². The van der Waals surface area contributed by atoms with Gasteiger partial charge in [0.1, 0.15) is 17.2 Å². The first-order chi connectivity index (χ1) is 12.7. The van der Waals surface area contributed by atoms with Gasteiger partial charge in [-0.2, -0.15) is 0 Å². The number of para-hydroxylation sites is 1. The van der Waals surface area contributed by atoms with Crippen LogP contribution in [0.1, 0.15) is 15.9 Å². The van der Waals surface area contributed by atoms with Crippen molar-refractivity contribution in [3.05, 3.63) is 90.0 Å². The largest absolute Gasteiger partial charge is 0.497 e. The Balaban J connectivity index is 1.55. The first-order valence-electron chi connectivity index (χ1n) is 8.37. The third-order valence-electron chi connectivity index (χ3n) is 3.83. The molecule has 0 bridgehead atoms. The van der Waals surface area contributed by atoms with Gasteiger partial charge in [-0.15, -0.1) is 0 Å². The highest BCUT2D eigenvalue weighted by atomic mass is 16.5. The molecule has 0 aliphatic heterocycles. The van der Waals surface area contributed by atoms with Crippen LogP contribution in [0.15, 0.2) is 78.9 Å². The molecule has 0 aliphatic rings. The van der Waals surface area contributed by atoms with Gasteiger partial charge in [-0.25, -0.2) is 4.79 Å². The number of esters is 1. The van der Waals surface area contributed by atoms with Crippen LogP contribution in [0.4, 0.5) is 0 Å². The Labute approximate surface area is 153 Å². The standard InChI is InChI=1S/C22H20O4/c1-24-19-12-10-17(11-13-19)14-15-25-22(23)18-6-5-9-21(16-18)26-20-7-3-2-4-8-20/h2-13,16H,14-15H2,1H3. The van der Waals surface area contributed by atoms with Crippen molar-refractivity contribution < 1.29 is 19.0 Å². The molecule has 3 rings (SSSR count). The number of methoxy groups -OCH3 is 1. The molecule has 0 heterocycles. The Morgan fingerprint density at radius 1 is 0.808 bits per heavy atom. The monoisotopic (exact) mass is 348 g/mol. The number of benzene rings is 3. The van der Waals surface area contributed by atoms with Crippen molar-refractivity contribution in [2.45, 2.75) is 6.42 Å². The van der Waals surface area contributed by atoms with E-state index < -0.39 is 0 Å². The Kier molecular flexibility index (Phi) is 5.88. The van der Waals surface area contributed by atoms with Crippen LogP contribution in [0.5, 0.6) is 17.2 Å². The van der Waals surface area contributed by atoms with E-state index >= 15 is 0 Å². The average Bonchev–Trinajstić information content (AvgIpc) is 2.69. The van der Waals surface area contributed by atoms with Crippen molar-refractivity contribution >= 4 is 5.97 Å². The molecule has 0 amide bonds. The minimum absolute atomic E-state index is 0.314. The van der Waals surface area contributed by atoms with E-state index in [1.807, 2.05) is 54.6 Å². The zero-order valence-corrected chi connectivity index (χ0v) is 14.6. The smallest absolute Gasteiger partial charge is 0.338 e. The molecule has 4 heteroatoms. The first kappa shape index (κ1) is 17.5. The van der Waals surface area contributed by atoms with Crippen molar-refractivity contribution in [1.82, 2.24) is 0 Å². The van der Waals surface area contributed by atoms with E-state index in [0.29, 0.717) is 24.3 Å². The topological polar surface area (TPSA) is 44.8 Å². The third-order valence-corrected chi connectivity index (χ3v) is 3.83. The molecule has 0 fully saturated rings. The fourth-order valence-electron chi connectivity index (χ4n) is 2.45. The van der Waals surface area contributed by atoms with Crippen LogP contribution in [0.2, 0.25) is 0 Å². The minimum atomic E-state index is -0.364. The molecule has 3 aromatic rings. The number of carbonyl (C=O) groups is 1. The summed E-state index contributed by atoms with van der Waals surface area (Å²) in [5.41, 5.74) is 1.55. The van der Waals surface area contributed by atoms with Gasteiger partial charge < -0.3 is 14.2 Å². The summed E-state index contributed by atoms with van der Waals surface area (Å²) in [4.78, 5) is 12.2. The van der Waals surface area contributed by atoms with Crippen molar-refractivity contribution in [2.24, 2.45) is 0 Å². The van der Waals surface area contributed by atoms with Crippen LogP contribution in [0.25, 0.3) is 0 Å². The molecule has 132 valence electrons. The number of ether oxygens (including phenoxy) is 3. The first-order valence-corrected chi connectivity index (χ1v) is 8.37. The maximum absolute atomic E-state index is 12.2. The quantitative estimate of drug-likeness (QED) is 0.571. The number of rotatable bonds is 7. The lowest BCUT2D eigenvalue weighted by atomic mass is 10.1.